The van der Waals surface area contributed by atoms with Gasteiger partial charge in [-0.3, -0.25) is 4.79 Å². The lowest BCUT2D eigenvalue weighted by molar-refractivity contribution is 0.0984. The van der Waals surface area contributed by atoms with Crippen molar-refractivity contribution >= 4 is 32.2 Å². The fourth-order valence-electron chi connectivity index (χ4n) is 3.61. The Hall–Kier alpha value is -2.66. The van der Waals surface area contributed by atoms with Crippen molar-refractivity contribution in [3.8, 4) is 0 Å². The van der Waals surface area contributed by atoms with Crippen LogP contribution >= 0.6 is 0 Å². The molecule has 5 heteroatoms. The highest BCUT2D eigenvalue weighted by Crippen LogP contribution is 2.42. The van der Waals surface area contributed by atoms with Gasteiger partial charge in [-0.25, -0.2) is 8.42 Å². The van der Waals surface area contributed by atoms with Gasteiger partial charge in [-0.05, 0) is 35.7 Å². The molecule has 0 aromatic heterocycles. The summed E-state index contributed by atoms with van der Waals surface area (Å²) in [7, 11) is -3.67. The SMILES string of the molecule is CC(C)(C)CN1C(=O)c2cccc3c(S(=O)(=O)c4ccccc4)ccc1c23. The Morgan fingerprint density at radius 1 is 0.889 bits per heavy atom. The van der Waals surface area contributed by atoms with Crippen LogP contribution in [0.3, 0.4) is 0 Å². The summed E-state index contributed by atoms with van der Waals surface area (Å²) >= 11 is 0. The van der Waals surface area contributed by atoms with E-state index in [2.05, 4.69) is 20.8 Å². The number of rotatable bonds is 3. The van der Waals surface area contributed by atoms with E-state index in [1.807, 2.05) is 0 Å². The first kappa shape index (κ1) is 17.7. The lowest BCUT2D eigenvalue weighted by atomic mass is 9.96. The zero-order chi connectivity index (χ0) is 19.4. The molecule has 138 valence electrons. The Balaban J connectivity index is 1.96. The van der Waals surface area contributed by atoms with Gasteiger partial charge in [0.2, 0.25) is 9.84 Å². The maximum absolute atomic E-state index is 13.2. The Morgan fingerprint density at radius 2 is 1.59 bits per heavy atom. The van der Waals surface area contributed by atoms with Gasteiger partial charge in [0, 0.05) is 22.9 Å². The molecule has 0 aliphatic carbocycles. The Labute approximate surface area is 159 Å². The monoisotopic (exact) mass is 379 g/mol. The van der Waals surface area contributed by atoms with Gasteiger partial charge in [0.15, 0.2) is 0 Å². The molecule has 0 atom stereocenters. The molecule has 1 amide bonds. The number of carbonyl (C=O) groups excluding carboxylic acids is 1. The molecule has 0 saturated carbocycles. The summed E-state index contributed by atoms with van der Waals surface area (Å²) < 4.78 is 26.4. The van der Waals surface area contributed by atoms with Crippen molar-refractivity contribution in [1.82, 2.24) is 0 Å². The maximum Gasteiger partial charge on any atom is 0.259 e. The van der Waals surface area contributed by atoms with Crippen LogP contribution < -0.4 is 4.90 Å². The van der Waals surface area contributed by atoms with E-state index in [4.69, 9.17) is 0 Å². The van der Waals surface area contributed by atoms with Gasteiger partial charge in [0.25, 0.3) is 5.91 Å². The normalized spacial score (nSPS) is 14.2. The molecular weight excluding hydrogens is 358 g/mol. The Morgan fingerprint density at radius 3 is 2.26 bits per heavy atom. The summed E-state index contributed by atoms with van der Waals surface area (Å²) in [5, 5.41) is 1.32. The van der Waals surface area contributed by atoms with E-state index in [1.165, 1.54) is 0 Å². The number of nitrogens with zero attached hydrogens (tertiary/aromatic N) is 1. The third-order valence-corrected chi connectivity index (χ3v) is 6.55. The van der Waals surface area contributed by atoms with Crippen LogP contribution in [-0.2, 0) is 9.84 Å². The Bertz CT molecular complexity index is 1160. The van der Waals surface area contributed by atoms with Crippen molar-refractivity contribution in [1.29, 1.82) is 0 Å². The summed E-state index contributed by atoms with van der Waals surface area (Å²) in [4.78, 5) is 15.2. The third kappa shape index (κ3) is 2.82. The average Bonchev–Trinajstić information content (AvgIpc) is 2.89. The van der Waals surface area contributed by atoms with Gasteiger partial charge in [0.1, 0.15) is 0 Å². The quantitative estimate of drug-likeness (QED) is 0.664. The number of benzene rings is 3. The molecule has 4 rings (SSSR count). The zero-order valence-corrected chi connectivity index (χ0v) is 16.4. The fourth-order valence-corrected chi connectivity index (χ4v) is 5.09. The zero-order valence-electron chi connectivity index (χ0n) is 15.6. The van der Waals surface area contributed by atoms with E-state index >= 15 is 0 Å². The Kier molecular flexibility index (Phi) is 3.89. The van der Waals surface area contributed by atoms with Crippen molar-refractivity contribution < 1.29 is 13.2 Å². The minimum absolute atomic E-state index is 0.0696. The second-order valence-corrected chi connectivity index (χ2v) is 10.00. The topological polar surface area (TPSA) is 54.5 Å². The smallest absolute Gasteiger partial charge is 0.259 e. The van der Waals surface area contributed by atoms with Gasteiger partial charge in [-0.15, -0.1) is 0 Å². The first-order valence-corrected chi connectivity index (χ1v) is 10.4. The van der Waals surface area contributed by atoms with Crippen LogP contribution in [0.4, 0.5) is 5.69 Å². The molecule has 1 heterocycles. The first-order chi connectivity index (χ1) is 12.7. The van der Waals surface area contributed by atoms with Crippen LogP contribution in [0.2, 0.25) is 0 Å². The maximum atomic E-state index is 13.2. The molecule has 0 N–H and O–H groups in total. The highest BCUT2D eigenvalue weighted by atomic mass is 32.2. The van der Waals surface area contributed by atoms with Crippen molar-refractivity contribution in [2.45, 2.75) is 30.6 Å². The summed E-state index contributed by atoms with van der Waals surface area (Å²) in [5.41, 5.74) is 1.28. The second kappa shape index (κ2) is 5.92. The van der Waals surface area contributed by atoms with Crippen LogP contribution in [0.1, 0.15) is 31.1 Å². The van der Waals surface area contributed by atoms with Crippen LogP contribution in [0, 0.1) is 5.41 Å². The van der Waals surface area contributed by atoms with Gasteiger partial charge in [0.05, 0.1) is 15.5 Å². The van der Waals surface area contributed by atoms with E-state index in [9.17, 15) is 13.2 Å². The first-order valence-electron chi connectivity index (χ1n) is 8.88. The van der Waals surface area contributed by atoms with Crippen molar-refractivity contribution in [3.05, 3.63) is 66.2 Å². The van der Waals surface area contributed by atoms with Gasteiger partial charge in [-0.1, -0.05) is 51.1 Å². The molecule has 0 bridgehead atoms. The molecule has 0 spiro atoms. The summed E-state index contributed by atoms with van der Waals surface area (Å²) in [5.74, 6) is -0.0696. The molecule has 4 nitrogen and oxygen atoms in total. The number of amides is 1. The highest BCUT2D eigenvalue weighted by Gasteiger charge is 2.34. The van der Waals surface area contributed by atoms with Gasteiger partial charge in [-0.2, -0.15) is 0 Å². The minimum Gasteiger partial charge on any atom is -0.307 e. The average molecular weight is 379 g/mol. The molecule has 0 saturated heterocycles. The van der Waals surface area contributed by atoms with Crippen LogP contribution in [-0.4, -0.2) is 20.9 Å². The molecule has 0 radical (unpaired) electrons. The molecule has 27 heavy (non-hydrogen) atoms. The fraction of sp³-hybridized carbons (Fsp3) is 0.227. The minimum atomic E-state index is -3.67. The molecule has 1 aliphatic heterocycles. The van der Waals surface area contributed by atoms with E-state index in [0.717, 1.165) is 11.1 Å². The summed E-state index contributed by atoms with van der Waals surface area (Å²) in [6.45, 7) is 6.80. The molecule has 0 fully saturated rings. The summed E-state index contributed by atoms with van der Waals surface area (Å²) in [6.07, 6.45) is 0. The van der Waals surface area contributed by atoms with Crippen LogP contribution in [0.5, 0.6) is 0 Å². The van der Waals surface area contributed by atoms with E-state index in [1.54, 1.807) is 65.6 Å². The highest BCUT2D eigenvalue weighted by molar-refractivity contribution is 7.91. The lowest BCUT2D eigenvalue weighted by Crippen LogP contribution is -2.35. The predicted molar refractivity (Wildman–Crippen MR) is 107 cm³/mol. The number of carbonyl (C=O) groups is 1. The van der Waals surface area contributed by atoms with Gasteiger partial charge >= 0.3 is 0 Å². The number of hydrogen-bond acceptors (Lipinski definition) is 3. The lowest BCUT2D eigenvalue weighted by Gasteiger charge is -2.27. The number of sulfone groups is 1. The molecule has 3 aromatic rings. The standard InChI is InChI=1S/C22H21NO3S/c1-22(2,3)14-23-18-12-13-19(27(25,26)15-8-5-4-6-9-15)16-10-7-11-17(20(16)18)21(23)24/h4-13H,14H2,1-3H3. The van der Waals surface area contributed by atoms with E-state index in [0.29, 0.717) is 17.5 Å². The van der Waals surface area contributed by atoms with Crippen molar-refractivity contribution in [2.75, 3.05) is 11.4 Å². The molecule has 3 aromatic carbocycles. The molecule has 1 aliphatic rings. The third-order valence-electron chi connectivity index (χ3n) is 4.72. The number of hydrogen-bond donors (Lipinski definition) is 0. The van der Waals surface area contributed by atoms with Crippen molar-refractivity contribution in [2.24, 2.45) is 5.41 Å². The summed E-state index contributed by atoms with van der Waals surface area (Å²) in [6, 6.07) is 17.1. The van der Waals surface area contributed by atoms with E-state index < -0.39 is 9.84 Å². The second-order valence-electron chi connectivity index (χ2n) is 8.08. The predicted octanol–water partition coefficient (Wildman–Crippen LogP) is 4.68. The number of anilines is 1. The van der Waals surface area contributed by atoms with Gasteiger partial charge < -0.3 is 4.90 Å². The largest absolute Gasteiger partial charge is 0.307 e. The van der Waals surface area contributed by atoms with Crippen LogP contribution in [0.25, 0.3) is 10.8 Å². The molecular formula is C22H21NO3S. The van der Waals surface area contributed by atoms with E-state index in [-0.39, 0.29) is 21.1 Å². The van der Waals surface area contributed by atoms with Crippen molar-refractivity contribution in [3.63, 3.8) is 0 Å². The van der Waals surface area contributed by atoms with Crippen LogP contribution in [0.15, 0.2) is 70.5 Å². The molecule has 0 unspecified atom stereocenters.